The van der Waals surface area contributed by atoms with Crippen LogP contribution in [0.25, 0.3) is 21.2 Å². The minimum absolute atomic E-state index is 0.121. The van der Waals surface area contributed by atoms with Crippen LogP contribution in [0.4, 0.5) is 0 Å². The predicted molar refractivity (Wildman–Crippen MR) is 99.6 cm³/mol. The van der Waals surface area contributed by atoms with Gasteiger partial charge in [0.2, 0.25) is 0 Å². The standard InChI is InChI=1S/C19H15N3O3Se/c1-2-25-19(24)15-12-20-21(13-8-4-3-5-9-13)17(15)22-18(23)14-10-6-7-11-16(14)26-22/h3-12H,2H2,1H3. The molecular formula is C19H15N3O3Se. The summed E-state index contributed by atoms with van der Waals surface area (Å²) in [6.07, 6.45) is 1.46. The van der Waals surface area contributed by atoms with Gasteiger partial charge in [-0.25, -0.2) is 0 Å². The summed E-state index contributed by atoms with van der Waals surface area (Å²) in [5, 5.41) is 5.03. The van der Waals surface area contributed by atoms with Gasteiger partial charge in [-0.05, 0) is 0 Å². The molecule has 130 valence electrons. The maximum atomic E-state index is 13.0. The molecule has 0 saturated heterocycles. The van der Waals surface area contributed by atoms with Gasteiger partial charge >= 0.3 is 155 Å². The van der Waals surface area contributed by atoms with Crippen molar-refractivity contribution in [2.75, 3.05) is 6.61 Å². The third-order valence-electron chi connectivity index (χ3n) is 3.92. The third kappa shape index (κ3) is 2.71. The topological polar surface area (TPSA) is 66.1 Å². The average Bonchev–Trinajstić information content (AvgIpc) is 3.24. The second kappa shape index (κ2) is 6.78. The first-order valence-electron chi connectivity index (χ1n) is 8.12. The molecule has 4 rings (SSSR count). The molecule has 0 aliphatic heterocycles. The number of esters is 1. The first kappa shape index (κ1) is 16.6. The van der Waals surface area contributed by atoms with Crippen LogP contribution in [-0.4, -0.2) is 40.7 Å². The Morgan fingerprint density at radius 1 is 1.12 bits per heavy atom. The van der Waals surface area contributed by atoms with Gasteiger partial charge in [-0.1, -0.05) is 0 Å². The van der Waals surface area contributed by atoms with Crippen LogP contribution < -0.4 is 5.56 Å². The summed E-state index contributed by atoms with van der Waals surface area (Å²) < 4.78 is 9.42. The summed E-state index contributed by atoms with van der Waals surface area (Å²) in [6.45, 7) is 2.01. The summed E-state index contributed by atoms with van der Waals surface area (Å²) in [4.78, 5) is 25.4. The van der Waals surface area contributed by atoms with Crippen LogP contribution in [0.15, 0.2) is 65.6 Å². The summed E-state index contributed by atoms with van der Waals surface area (Å²) in [5.41, 5.74) is 0.945. The number of hydrogen-bond acceptors (Lipinski definition) is 4. The van der Waals surface area contributed by atoms with Crippen molar-refractivity contribution < 1.29 is 9.53 Å². The van der Waals surface area contributed by atoms with Crippen molar-refractivity contribution in [3.05, 3.63) is 76.7 Å². The zero-order valence-corrected chi connectivity index (χ0v) is 15.7. The monoisotopic (exact) mass is 413 g/mol. The van der Waals surface area contributed by atoms with E-state index < -0.39 is 5.97 Å². The van der Waals surface area contributed by atoms with E-state index >= 15 is 0 Å². The SMILES string of the molecule is CCOC(=O)c1cnn(-c2ccccc2)c1-n1[se]c2ccccc2c1=O. The molecule has 0 N–H and O–H groups in total. The van der Waals surface area contributed by atoms with Crippen molar-refractivity contribution in [2.24, 2.45) is 0 Å². The number of ether oxygens (including phenoxy) is 1. The number of hydrogen-bond donors (Lipinski definition) is 0. The van der Waals surface area contributed by atoms with Gasteiger partial charge in [-0.3, -0.25) is 0 Å². The molecule has 0 bridgehead atoms. The van der Waals surface area contributed by atoms with Crippen molar-refractivity contribution >= 4 is 30.3 Å². The average molecular weight is 412 g/mol. The third-order valence-corrected chi connectivity index (χ3v) is 6.18. The van der Waals surface area contributed by atoms with E-state index in [9.17, 15) is 9.59 Å². The second-order valence-electron chi connectivity index (χ2n) is 5.54. The van der Waals surface area contributed by atoms with Crippen LogP contribution >= 0.6 is 0 Å². The molecule has 0 spiro atoms. The summed E-state index contributed by atoms with van der Waals surface area (Å²) in [6, 6.07) is 17.0. The van der Waals surface area contributed by atoms with E-state index in [4.69, 9.17) is 4.74 Å². The van der Waals surface area contributed by atoms with Crippen molar-refractivity contribution in [1.82, 2.24) is 13.3 Å². The van der Waals surface area contributed by atoms with Gasteiger partial charge in [-0.2, -0.15) is 0 Å². The fourth-order valence-electron chi connectivity index (χ4n) is 2.76. The van der Waals surface area contributed by atoms with Gasteiger partial charge in [0.15, 0.2) is 0 Å². The minimum atomic E-state index is -0.482. The molecule has 0 aliphatic rings. The second-order valence-corrected chi connectivity index (χ2v) is 7.61. The van der Waals surface area contributed by atoms with Crippen molar-refractivity contribution in [3.63, 3.8) is 0 Å². The van der Waals surface area contributed by atoms with Gasteiger partial charge in [0.1, 0.15) is 0 Å². The summed E-state index contributed by atoms with van der Waals surface area (Å²) in [7, 11) is 0. The molecule has 6 nitrogen and oxygen atoms in total. The Bertz CT molecular complexity index is 1140. The zero-order valence-electron chi connectivity index (χ0n) is 14.0. The normalized spacial score (nSPS) is 11.0. The molecule has 2 heterocycles. The van der Waals surface area contributed by atoms with Crippen LogP contribution in [0, 0.1) is 0 Å². The molecule has 7 heteroatoms. The number of para-hydroxylation sites is 1. The van der Waals surface area contributed by atoms with Crippen LogP contribution in [0.2, 0.25) is 0 Å². The van der Waals surface area contributed by atoms with Gasteiger partial charge < -0.3 is 0 Å². The molecule has 0 radical (unpaired) electrons. The Kier molecular flexibility index (Phi) is 4.32. The molecule has 4 aromatic rings. The summed E-state index contributed by atoms with van der Waals surface area (Å²) in [5.74, 6) is -0.0277. The van der Waals surface area contributed by atoms with Crippen LogP contribution in [0.5, 0.6) is 0 Å². The van der Waals surface area contributed by atoms with E-state index in [-0.39, 0.29) is 26.9 Å². The van der Waals surface area contributed by atoms with E-state index in [1.807, 2.05) is 54.6 Å². The fourth-order valence-corrected chi connectivity index (χ4v) is 4.93. The number of aromatic nitrogens is 3. The number of rotatable bonds is 4. The Hall–Kier alpha value is -2.89. The molecule has 0 fully saturated rings. The first-order chi connectivity index (χ1) is 12.7. The van der Waals surface area contributed by atoms with Gasteiger partial charge in [0.25, 0.3) is 0 Å². The maximum absolute atomic E-state index is 13.0. The van der Waals surface area contributed by atoms with Gasteiger partial charge in [-0.15, -0.1) is 0 Å². The van der Waals surface area contributed by atoms with E-state index in [0.717, 1.165) is 9.95 Å². The molecule has 0 aliphatic carbocycles. The van der Waals surface area contributed by atoms with Crippen LogP contribution in [0.3, 0.4) is 0 Å². The Morgan fingerprint density at radius 3 is 2.58 bits per heavy atom. The molecule has 0 atom stereocenters. The molecule has 2 aromatic heterocycles. The van der Waals surface area contributed by atoms with E-state index in [2.05, 4.69) is 5.10 Å². The predicted octanol–water partition coefficient (Wildman–Crippen LogP) is 2.41. The zero-order chi connectivity index (χ0) is 18.1. The Morgan fingerprint density at radius 2 is 1.85 bits per heavy atom. The Labute approximate surface area is 155 Å². The van der Waals surface area contributed by atoms with Gasteiger partial charge in [0.05, 0.1) is 0 Å². The van der Waals surface area contributed by atoms with Crippen molar-refractivity contribution in [2.45, 2.75) is 6.92 Å². The number of benzene rings is 2. The Balaban J connectivity index is 2.01. The van der Waals surface area contributed by atoms with E-state index in [1.54, 1.807) is 15.2 Å². The molecule has 0 unspecified atom stereocenters. The molecule has 0 saturated carbocycles. The van der Waals surface area contributed by atoms with Crippen molar-refractivity contribution in [1.29, 1.82) is 0 Å². The summed E-state index contributed by atoms with van der Waals surface area (Å²) >= 11 is -0.276. The molecule has 0 amide bonds. The quantitative estimate of drug-likeness (QED) is 0.382. The number of carbonyl (C=O) groups excluding carboxylic acids is 1. The van der Waals surface area contributed by atoms with Crippen molar-refractivity contribution in [3.8, 4) is 11.5 Å². The fraction of sp³-hybridized carbons (Fsp3) is 0.105. The van der Waals surface area contributed by atoms with E-state index in [0.29, 0.717) is 16.8 Å². The molecule has 26 heavy (non-hydrogen) atoms. The number of fused-ring (bicyclic) bond motifs is 1. The van der Waals surface area contributed by atoms with Crippen LogP contribution in [0.1, 0.15) is 17.3 Å². The van der Waals surface area contributed by atoms with Crippen LogP contribution in [-0.2, 0) is 4.74 Å². The number of nitrogens with zero attached hydrogens (tertiary/aromatic N) is 3. The van der Waals surface area contributed by atoms with Gasteiger partial charge in [0, 0.05) is 0 Å². The number of carbonyl (C=O) groups is 1. The molecular weight excluding hydrogens is 397 g/mol. The van der Waals surface area contributed by atoms with E-state index in [1.165, 1.54) is 6.20 Å². The first-order valence-corrected chi connectivity index (χ1v) is 9.75. The molecule has 2 aromatic carbocycles.